The standard InChI is InChI=1S/C17H16O3/c1-12(2)17(19)20-16-9-7-15(8-10-16)14-5-3-13(11-18)4-6-14/h3-10,18H,1,11H2,2H3. The van der Waals surface area contributed by atoms with Crippen LogP contribution in [0.4, 0.5) is 0 Å². The zero-order valence-electron chi connectivity index (χ0n) is 11.3. The lowest BCUT2D eigenvalue weighted by Crippen LogP contribution is -2.07. The van der Waals surface area contributed by atoms with E-state index in [1.54, 1.807) is 19.1 Å². The van der Waals surface area contributed by atoms with Crippen molar-refractivity contribution in [3.05, 3.63) is 66.2 Å². The van der Waals surface area contributed by atoms with Gasteiger partial charge in [0.05, 0.1) is 6.61 Å². The highest BCUT2D eigenvalue weighted by Gasteiger charge is 2.05. The first kappa shape index (κ1) is 14.0. The summed E-state index contributed by atoms with van der Waals surface area (Å²) in [5, 5.41) is 9.01. The lowest BCUT2D eigenvalue weighted by molar-refractivity contribution is -0.130. The molecule has 0 amide bonds. The molecule has 0 aliphatic carbocycles. The third-order valence-corrected chi connectivity index (χ3v) is 2.88. The predicted molar refractivity (Wildman–Crippen MR) is 78.2 cm³/mol. The molecule has 0 fully saturated rings. The quantitative estimate of drug-likeness (QED) is 0.525. The normalized spacial score (nSPS) is 10.1. The van der Waals surface area contributed by atoms with Crippen LogP contribution in [-0.4, -0.2) is 11.1 Å². The van der Waals surface area contributed by atoms with Crippen LogP contribution in [-0.2, 0) is 11.4 Å². The molecular weight excluding hydrogens is 252 g/mol. The Balaban J connectivity index is 2.14. The van der Waals surface area contributed by atoms with Gasteiger partial charge >= 0.3 is 5.97 Å². The number of aliphatic hydroxyl groups is 1. The molecule has 0 unspecified atom stereocenters. The summed E-state index contributed by atoms with van der Waals surface area (Å²) < 4.78 is 5.13. The number of esters is 1. The van der Waals surface area contributed by atoms with E-state index in [-0.39, 0.29) is 6.61 Å². The Labute approximate surface area is 118 Å². The van der Waals surface area contributed by atoms with Gasteiger partial charge in [-0.3, -0.25) is 0 Å². The molecular formula is C17H16O3. The number of carbonyl (C=O) groups excluding carboxylic acids is 1. The minimum atomic E-state index is -0.426. The summed E-state index contributed by atoms with van der Waals surface area (Å²) >= 11 is 0. The average Bonchev–Trinajstić information content (AvgIpc) is 2.48. The van der Waals surface area contributed by atoms with Gasteiger partial charge in [0.25, 0.3) is 0 Å². The van der Waals surface area contributed by atoms with Crippen molar-refractivity contribution in [1.29, 1.82) is 0 Å². The minimum Gasteiger partial charge on any atom is -0.423 e. The van der Waals surface area contributed by atoms with E-state index in [1.807, 2.05) is 36.4 Å². The zero-order chi connectivity index (χ0) is 14.5. The smallest absolute Gasteiger partial charge is 0.338 e. The number of benzene rings is 2. The number of rotatable bonds is 4. The SMILES string of the molecule is C=C(C)C(=O)Oc1ccc(-c2ccc(CO)cc2)cc1. The Hall–Kier alpha value is -2.39. The van der Waals surface area contributed by atoms with Gasteiger partial charge in [0.1, 0.15) is 5.75 Å². The molecule has 0 radical (unpaired) electrons. The van der Waals surface area contributed by atoms with E-state index < -0.39 is 5.97 Å². The lowest BCUT2D eigenvalue weighted by Gasteiger charge is -2.06. The fraction of sp³-hybridized carbons (Fsp3) is 0.118. The fourth-order valence-corrected chi connectivity index (χ4v) is 1.71. The second kappa shape index (κ2) is 6.17. The number of ether oxygens (including phenoxy) is 1. The Bertz CT molecular complexity index is 610. The Morgan fingerprint density at radius 3 is 2.00 bits per heavy atom. The van der Waals surface area contributed by atoms with Crippen molar-refractivity contribution in [2.45, 2.75) is 13.5 Å². The van der Waals surface area contributed by atoms with Crippen LogP contribution in [0.3, 0.4) is 0 Å². The summed E-state index contributed by atoms with van der Waals surface area (Å²) in [6.07, 6.45) is 0. The van der Waals surface area contributed by atoms with Gasteiger partial charge in [0.2, 0.25) is 0 Å². The average molecular weight is 268 g/mol. The molecule has 102 valence electrons. The summed E-state index contributed by atoms with van der Waals surface area (Å²) in [5.41, 5.74) is 3.30. The first-order chi connectivity index (χ1) is 9.60. The van der Waals surface area contributed by atoms with Crippen LogP contribution in [0.15, 0.2) is 60.7 Å². The highest BCUT2D eigenvalue weighted by Crippen LogP contribution is 2.23. The van der Waals surface area contributed by atoms with E-state index in [4.69, 9.17) is 9.84 Å². The van der Waals surface area contributed by atoms with E-state index in [9.17, 15) is 4.79 Å². The van der Waals surface area contributed by atoms with Crippen LogP contribution in [0, 0.1) is 0 Å². The predicted octanol–water partition coefficient (Wildman–Crippen LogP) is 3.33. The Kier molecular flexibility index (Phi) is 4.33. The monoisotopic (exact) mass is 268 g/mol. The molecule has 2 rings (SSSR count). The van der Waals surface area contributed by atoms with Crippen molar-refractivity contribution in [2.24, 2.45) is 0 Å². The zero-order valence-corrected chi connectivity index (χ0v) is 11.3. The van der Waals surface area contributed by atoms with Crippen molar-refractivity contribution in [2.75, 3.05) is 0 Å². The molecule has 20 heavy (non-hydrogen) atoms. The fourth-order valence-electron chi connectivity index (χ4n) is 1.71. The molecule has 0 heterocycles. The first-order valence-electron chi connectivity index (χ1n) is 6.28. The Morgan fingerprint density at radius 1 is 1.05 bits per heavy atom. The van der Waals surface area contributed by atoms with Gasteiger partial charge in [-0.1, -0.05) is 43.0 Å². The molecule has 2 aromatic rings. The maximum Gasteiger partial charge on any atom is 0.338 e. The van der Waals surface area contributed by atoms with Gasteiger partial charge in [-0.15, -0.1) is 0 Å². The van der Waals surface area contributed by atoms with Gasteiger partial charge in [-0.05, 0) is 35.7 Å². The summed E-state index contributed by atoms with van der Waals surface area (Å²) in [6.45, 7) is 5.19. The number of aliphatic hydroxyl groups excluding tert-OH is 1. The molecule has 2 aromatic carbocycles. The molecule has 0 aliphatic rings. The maximum absolute atomic E-state index is 11.4. The molecule has 1 N–H and O–H groups in total. The second-order valence-electron chi connectivity index (χ2n) is 4.55. The molecule has 0 atom stereocenters. The number of carbonyl (C=O) groups is 1. The minimum absolute atomic E-state index is 0.0378. The van der Waals surface area contributed by atoms with E-state index in [1.165, 1.54) is 0 Å². The summed E-state index contributed by atoms with van der Waals surface area (Å²) in [5.74, 6) is 0.0683. The summed E-state index contributed by atoms with van der Waals surface area (Å²) in [7, 11) is 0. The van der Waals surface area contributed by atoms with Crippen molar-refractivity contribution in [1.82, 2.24) is 0 Å². The van der Waals surface area contributed by atoms with Gasteiger partial charge in [-0.25, -0.2) is 4.79 Å². The molecule has 0 spiro atoms. The van der Waals surface area contributed by atoms with Crippen molar-refractivity contribution in [3.63, 3.8) is 0 Å². The van der Waals surface area contributed by atoms with E-state index in [0.29, 0.717) is 11.3 Å². The molecule has 0 saturated heterocycles. The van der Waals surface area contributed by atoms with Crippen LogP contribution in [0.5, 0.6) is 5.75 Å². The van der Waals surface area contributed by atoms with Crippen LogP contribution in [0.1, 0.15) is 12.5 Å². The summed E-state index contributed by atoms with van der Waals surface area (Å²) in [4.78, 5) is 11.4. The van der Waals surface area contributed by atoms with Crippen molar-refractivity contribution < 1.29 is 14.6 Å². The molecule has 3 heteroatoms. The van der Waals surface area contributed by atoms with Gasteiger partial charge in [0.15, 0.2) is 0 Å². The van der Waals surface area contributed by atoms with Crippen LogP contribution in [0.2, 0.25) is 0 Å². The van der Waals surface area contributed by atoms with E-state index in [0.717, 1.165) is 16.7 Å². The van der Waals surface area contributed by atoms with Gasteiger partial charge in [-0.2, -0.15) is 0 Å². The van der Waals surface area contributed by atoms with E-state index >= 15 is 0 Å². The highest BCUT2D eigenvalue weighted by atomic mass is 16.5. The van der Waals surface area contributed by atoms with E-state index in [2.05, 4.69) is 6.58 Å². The summed E-state index contributed by atoms with van der Waals surface area (Å²) in [6, 6.07) is 14.9. The first-order valence-corrected chi connectivity index (χ1v) is 6.28. The maximum atomic E-state index is 11.4. The van der Waals surface area contributed by atoms with Crippen molar-refractivity contribution >= 4 is 5.97 Å². The number of hydrogen-bond donors (Lipinski definition) is 1. The third-order valence-electron chi connectivity index (χ3n) is 2.88. The van der Waals surface area contributed by atoms with Gasteiger partial charge in [0, 0.05) is 5.57 Å². The second-order valence-corrected chi connectivity index (χ2v) is 4.55. The van der Waals surface area contributed by atoms with Crippen LogP contribution in [0.25, 0.3) is 11.1 Å². The topological polar surface area (TPSA) is 46.5 Å². The van der Waals surface area contributed by atoms with Crippen molar-refractivity contribution in [3.8, 4) is 16.9 Å². The highest BCUT2D eigenvalue weighted by molar-refractivity contribution is 5.88. The molecule has 0 aliphatic heterocycles. The molecule has 0 saturated carbocycles. The third kappa shape index (κ3) is 3.33. The number of hydrogen-bond acceptors (Lipinski definition) is 3. The van der Waals surface area contributed by atoms with Gasteiger partial charge < -0.3 is 9.84 Å². The molecule has 0 bridgehead atoms. The van der Waals surface area contributed by atoms with Crippen LogP contribution < -0.4 is 4.74 Å². The largest absolute Gasteiger partial charge is 0.423 e. The van der Waals surface area contributed by atoms with Crippen LogP contribution >= 0.6 is 0 Å². The Morgan fingerprint density at radius 2 is 1.55 bits per heavy atom. The lowest BCUT2D eigenvalue weighted by atomic mass is 10.0. The molecule has 3 nitrogen and oxygen atoms in total. The molecule has 0 aromatic heterocycles.